The maximum absolute atomic E-state index is 12.4. The van der Waals surface area contributed by atoms with E-state index in [9.17, 15) is 9.59 Å². The molecule has 0 saturated carbocycles. The van der Waals surface area contributed by atoms with E-state index >= 15 is 0 Å². The lowest BCUT2D eigenvalue weighted by Crippen LogP contribution is -2.40. The first-order chi connectivity index (χ1) is 12.4. The van der Waals surface area contributed by atoms with Crippen LogP contribution >= 0.6 is 0 Å². The van der Waals surface area contributed by atoms with Crippen molar-refractivity contribution in [2.45, 2.75) is 59.0 Å². The molecule has 2 aliphatic heterocycles. The summed E-state index contributed by atoms with van der Waals surface area (Å²) < 4.78 is 0. The number of nitrogens with zero attached hydrogens (tertiary/aromatic N) is 4. The minimum Gasteiger partial charge on any atom is -0.373 e. The summed E-state index contributed by atoms with van der Waals surface area (Å²) in [5, 5.41) is 3.17. The Labute approximate surface area is 155 Å². The van der Waals surface area contributed by atoms with E-state index in [0.717, 1.165) is 55.1 Å². The fourth-order valence-electron chi connectivity index (χ4n) is 3.92. The molecule has 3 heterocycles. The molecule has 1 aromatic heterocycles. The zero-order valence-electron chi connectivity index (χ0n) is 16.2. The Morgan fingerprint density at radius 3 is 2.62 bits per heavy atom. The third kappa shape index (κ3) is 3.52. The van der Waals surface area contributed by atoms with Gasteiger partial charge in [0.15, 0.2) is 5.82 Å². The number of amides is 2. The summed E-state index contributed by atoms with van der Waals surface area (Å²) in [6.45, 7) is 7.47. The SMILES string of the molecule is CNc1nc([C@H]2CCCCN2C(C)=O)nc2c1CN(C(=O)C(C)C)CC2. The second-order valence-electron chi connectivity index (χ2n) is 7.49. The van der Waals surface area contributed by atoms with Gasteiger partial charge in [0.05, 0.1) is 18.3 Å². The van der Waals surface area contributed by atoms with Crippen LogP contribution < -0.4 is 5.32 Å². The third-order valence-electron chi connectivity index (χ3n) is 5.33. The van der Waals surface area contributed by atoms with E-state index in [1.54, 1.807) is 6.92 Å². The van der Waals surface area contributed by atoms with Gasteiger partial charge in [-0.3, -0.25) is 9.59 Å². The molecule has 0 unspecified atom stereocenters. The van der Waals surface area contributed by atoms with Gasteiger partial charge in [0.1, 0.15) is 5.82 Å². The maximum Gasteiger partial charge on any atom is 0.225 e. The van der Waals surface area contributed by atoms with E-state index in [2.05, 4.69) is 5.32 Å². The largest absolute Gasteiger partial charge is 0.373 e. The molecule has 3 rings (SSSR count). The highest BCUT2D eigenvalue weighted by Gasteiger charge is 2.31. The maximum atomic E-state index is 12.4. The standard InChI is InChI=1S/C19H29N5O2/c1-12(2)19(26)23-10-8-15-14(11-23)17(20-4)22-18(21-15)16-7-5-6-9-24(16)13(3)25/h12,16H,5-11H2,1-4H3,(H,20,21,22)/t16-/m1/s1. The van der Waals surface area contributed by atoms with Crippen LogP contribution in [0.3, 0.4) is 0 Å². The molecule has 7 heteroatoms. The molecule has 1 saturated heterocycles. The quantitative estimate of drug-likeness (QED) is 0.894. The van der Waals surface area contributed by atoms with Crippen LogP contribution in [0.2, 0.25) is 0 Å². The lowest BCUT2D eigenvalue weighted by molar-refractivity contribution is -0.135. The van der Waals surface area contributed by atoms with E-state index in [0.29, 0.717) is 13.1 Å². The number of piperidine rings is 1. The summed E-state index contributed by atoms with van der Waals surface area (Å²) in [5.74, 6) is 1.74. The molecule has 0 spiro atoms. The number of fused-ring (bicyclic) bond motifs is 1. The van der Waals surface area contributed by atoms with Crippen molar-refractivity contribution in [1.29, 1.82) is 0 Å². The zero-order chi connectivity index (χ0) is 18.8. The Morgan fingerprint density at radius 2 is 1.96 bits per heavy atom. The summed E-state index contributed by atoms with van der Waals surface area (Å²) in [6.07, 6.45) is 3.75. The fourth-order valence-corrected chi connectivity index (χ4v) is 3.92. The molecule has 142 valence electrons. The molecule has 1 atom stereocenters. The zero-order valence-corrected chi connectivity index (χ0v) is 16.2. The number of rotatable bonds is 3. The van der Waals surface area contributed by atoms with Crippen molar-refractivity contribution in [1.82, 2.24) is 19.8 Å². The van der Waals surface area contributed by atoms with Crippen LogP contribution in [0, 0.1) is 5.92 Å². The van der Waals surface area contributed by atoms with Gasteiger partial charge in [-0.25, -0.2) is 9.97 Å². The summed E-state index contributed by atoms with van der Waals surface area (Å²) in [7, 11) is 1.85. The minimum absolute atomic E-state index is 0.0128. The van der Waals surface area contributed by atoms with Crippen molar-refractivity contribution in [3.63, 3.8) is 0 Å². The normalized spacial score (nSPS) is 20.1. The predicted molar refractivity (Wildman–Crippen MR) is 99.5 cm³/mol. The van der Waals surface area contributed by atoms with E-state index in [-0.39, 0.29) is 23.8 Å². The number of carbonyl (C=O) groups is 2. The lowest BCUT2D eigenvalue weighted by Gasteiger charge is -2.35. The molecule has 2 aliphatic rings. The van der Waals surface area contributed by atoms with Crippen molar-refractivity contribution in [2.24, 2.45) is 5.92 Å². The van der Waals surface area contributed by atoms with Crippen LogP contribution in [0.25, 0.3) is 0 Å². The first-order valence-electron chi connectivity index (χ1n) is 9.55. The fraction of sp³-hybridized carbons (Fsp3) is 0.684. The van der Waals surface area contributed by atoms with E-state index in [1.165, 1.54) is 0 Å². The first kappa shape index (κ1) is 18.6. The van der Waals surface area contributed by atoms with Crippen molar-refractivity contribution in [3.8, 4) is 0 Å². The average molecular weight is 359 g/mol. The molecule has 26 heavy (non-hydrogen) atoms. The van der Waals surface area contributed by atoms with Crippen LogP contribution in [0.4, 0.5) is 5.82 Å². The number of likely N-dealkylation sites (tertiary alicyclic amines) is 1. The summed E-state index contributed by atoms with van der Waals surface area (Å²) in [5.41, 5.74) is 2.00. The van der Waals surface area contributed by atoms with Crippen molar-refractivity contribution < 1.29 is 9.59 Å². The first-order valence-corrected chi connectivity index (χ1v) is 9.55. The molecule has 7 nitrogen and oxygen atoms in total. The molecule has 1 N–H and O–H groups in total. The molecule has 0 bridgehead atoms. The molecule has 0 radical (unpaired) electrons. The minimum atomic E-state index is -0.0472. The van der Waals surface area contributed by atoms with Gasteiger partial charge in [-0.15, -0.1) is 0 Å². The number of hydrogen-bond acceptors (Lipinski definition) is 5. The highest BCUT2D eigenvalue weighted by molar-refractivity contribution is 5.78. The van der Waals surface area contributed by atoms with Crippen LogP contribution in [0.15, 0.2) is 0 Å². The Balaban J connectivity index is 1.92. The van der Waals surface area contributed by atoms with Gasteiger partial charge >= 0.3 is 0 Å². The average Bonchev–Trinajstić information content (AvgIpc) is 2.65. The number of hydrogen-bond donors (Lipinski definition) is 1. The second-order valence-corrected chi connectivity index (χ2v) is 7.49. The van der Waals surface area contributed by atoms with Crippen molar-refractivity contribution in [3.05, 3.63) is 17.1 Å². The van der Waals surface area contributed by atoms with Crippen LogP contribution in [-0.4, -0.2) is 51.7 Å². The number of anilines is 1. The molecular weight excluding hydrogens is 330 g/mol. The molecule has 2 amide bonds. The Kier molecular flexibility index (Phi) is 5.44. The predicted octanol–water partition coefficient (Wildman–Crippen LogP) is 2.13. The Hall–Kier alpha value is -2.18. The monoisotopic (exact) mass is 359 g/mol. The van der Waals surface area contributed by atoms with Gasteiger partial charge in [0, 0.05) is 45.0 Å². The Bertz CT molecular complexity index is 686. The van der Waals surface area contributed by atoms with Crippen LogP contribution in [-0.2, 0) is 22.6 Å². The van der Waals surface area contributed by atoms with Gasteiger partial charge in [0.25, 0.3) is 0 Å². The van der Waals surface area contributed by atoms with Gasteiger partial charge in [0.2, 0.25) is 11.8 Å². The molecule has 0 aliphatic carbocycles. The number of carbonyl (C=O) groups excluding carboxylic acids is 2. The van der Waals surface area contributed by atoms with E-state index < -0.39 is 0 Å². The number of nitrogens with one attached hydrogen (secondary N) is 1. The van der Waals surface area contributed by atoms with Crippen LogP contribution in [0.5, 0.6) is 0 Å². The molecule has 1 aromatic rings. The summed E-state index contributed by atoms with van der Waals surface area (Å²) in [4.78, 5) is 37.7. The smallest absolute Gasteiger partial charge is 0.225 e. The lowest BCUT2D eigenvalue weighted by atomic mass is 9.99. The topological polar surface area (TPSA) is 78.4 Å². The molecule has 0 aromatic carbocycles. The van der Waals surface area contributed by atoms with E-state index in [4.69, 9.17) is 9.97 Å². The number of aromatic nitrogens is 2. The van der Waals surface area contributed by atoms with Gasteiger partial charge in [-0.2, -0.15) is 0 Å². The van der Waals surface area contributed by atoms with Crippen molar-refractivity contribution in [2.75, 3.05) is 25.5 Å². The van der Waals surface area contributed by atoms with Gasteiger partial charge in [-0.1, -0.05) is 13.8 Å². The van der Waals surface area contributed by atoms with E-state index in [1.807, 2.05) is 30.7 Å². The highest BCUT2D eigenvalue weighted by atomic mass is 16.2. The summed E-state index contributed by atoms with van der Waals surface area (Å²) >= 11 is 0. The molecule has 1 fully saturated rings. The third-order valence-corrected chi connectivity index (χ3v) is 5.33. The molecular formula is C19H29N5O2. The Morgan fingerprint density at radius 1 is 1.19 bits per heavy atom. The highest BCUT2D eigenvalue weighted by Crippen LogP contribution is 2.32. The van der Waals surface area contributed by atoms with Crippen LogP contribution in [0.1, 0.15) is 63.2 Å². The van der Waals surface area contributed by atoms with Gasteiger partial charge < -0.3 is 15.1 Å². The second kappa shape index (κ2) is 7.60. The van der Waals surface area contributed by atoms with Gasteiger partial charge in [-0.05, 0) is 19.3 Å². The van der Waals surface area contributed by atoms with Crippen molar-refractivity contribution >= 4 is 17.6 Å². The summed E-state index contributed by atoms with van der Waals surface area (Å²) in [6, 6.07) is -0.0472.